The number of nitrogens with zero attached hydrogens (tertiary/aromatic N) is 1. The quantitative estimate of drug-likeness (QED) is 0.0428. The fourth-order valence-corrected chi connectivity index (χ4v) is 6.42. The van der Waals surface area contributed by atoms with E-state index in [1.54, 1.807) is 35.8 Å². The van der Waals surface area contributed by atoms with Crippen molar-refractivity contribution in [1.82, 2.24) is 26.3 Å². The Morgan fingerprint density at radius 1 is 0.782 bits per heavy atom. The summed E-state index contributed by atoms with van der Waals surface area (Å²) in [6, 6.07) is 17.7. The van der Waals surface area contributed by atoms with Crippen LogP contribution in [0.5, 0.6) is 5.75 Å². The van der Waals surface area contributed by atoms with Crippen molar-refractivity contribution in [3.63, 3.8) is 0 Å². The van der Waals surface area contributed by atoms with Gasteiger partial charge in [-0.1, -0.05) is 37.1 Å². The van der Waals surface area contributed by atoms with Crippen LogP contribution >= 0.6 is 0 Å². The standard InChI is InChI=1S/C40H46N6O9/c47-33(13-3-6-24-55-29-16-14-26(15-17-29)20-23-43-36(49)27-9-7-10-28(25-27)37(50)45-54)42-22-5-2-1-4-21-41-31-12-8-11-30-35(31)40(53)46(39(30)52)32-18-19-34(48)44-38(32)51/h7-12,14-17,25,32,41,54H,1-6,13,18-24H2,(H,42,47)(H,43,49)(H,45,50)(H,44,48,51). The second-order valence-corrected chi connectivity index (χ2v) is 13.3. The van der Waals surface area contributed by atoms with Gasteiger partial charge in [0.1, 0.15) is 11.8 Å². The third kappa shape index (κ3) is 11.0. The molecular weight excluding hydrogens is 708 g/mol. The maximum atomic E-state index is 13.2. The first-order chi connectivity index (χ1) is 26.7. The third-order valence-corrected chi connectivity index (χ3v) is 9.39. The zero-order chi connectivity index (χ0) is 39.2. The van der Waals surface area contributed by atoms with Gasteiger partial charge in [-0.05, 0) is 86.6 Å². The zero-order valence-electron chi connectivity index (χ0n) is 30.5. The molecular formula is C40H46N6O9. The molecule has 2 heterocycles. The molecule has 1 saturated heterocycles. The van der Waals surface area contributed by atoms with Gasteiger partial charge in [-0.3, -0.25) is 49.0 Å². The van der Waals surface area contributed by atoms with Crippen LogP contribution in [0.3, 0.4) is 0 Å². The number of piperidine rings is 1. The molecule has 1 unspecified atom stereocenters. The number of hydroxylamine groups is 1. The van der Waals surface area contributed by atoms with Gasteiger partial charge >= 0.3 is 0 Å². The Morgan fingerprint density at radius 3 is 2.25 bits per heavy atom. The molecule has 0 radical (unpaired) electrons. The van der Waals surface area contributed by atoms with Crippen molar-refractivity contribution in [3.05, 3.63) is 94.5 Å². The van der Waals surface area contributed by atoms with E-state index in [1.165, 1.54) is 12.1 Å². The second-order valence-electron chi connectivity index (χ2n) is 13.3. The van der Waals surface area contributed by atoms with Crippen LogP contribution in [-0.4, -0.2) is 83.7 Å². The van der Waals surface area contributed by atoms with Gasteiger partial charge in [-0.25, -0.2) is 5.48 Å². The molecule has 3 aromatic rings. The van der Waals surface area contributed by atoms with E-state index in [4.69, 9.17) is 9.94 Å². The molecule has 5 rings (SSSR count). The molecule has 15 nitrogen and oxygen atoms in total. The van der Waals surface area contributed by atoms with Crippen molar-refractivity contribution < 1.29 is 43.5 Å². The Kier molecular flexibility index (Phi) is 14.5. The van der Waals surface area contributed by atoms with Crippen LogP contribution in [0, 0.1) is 0 Å². The minimum Gasteiger partial charge on any atom is -0.494 e. The van der Waals surface area contributed by atoms with E-state index in [-0.39, 0.29) is 41.3 Å². The number of hydrogen-bond acceptors (Lipinski definition) is 10. The predicted molar refractivity (Wildman–Crippen MR) is 201 cm³/mol. The van der Waals surface area contributed by atoms with Gasteiger partial charge in [0, 0.05) is 49.3 Å². The van der Waals surface area contributed by atoms with Crippen LogP contribution in [0.1, 0.15) is 105 Å². The van der Waals surface area contributed by atoms with E-state index in [0.717, 1.165) is 48.3 Å². The molecule has 0 aromatic heterocycles. The average Bonchev–Trinajstić information content (AvgIpc) is 3.44. The molecule has 0 spiro atoms. The van der Waals surface area contributed by atoms with Gasteiger partial charge in [0.15, 0.2) is 0 Å². The maximum absolute atomic E-state index is 13.2. The lowest BCUT2D eigenvalue weighted by Gasteiger charge is -2.27. The summed E-state index contributed by atoms with van der Waals surface area (Å²) >= 11 is 0. The lowest BCUT2D eigenvalue weighted by atomic mass is 10.0. The number of carbonyl (C=O) groups excluding carboxylic acids is 7. The van der Waals surface area contributed by atoms with Gasteiger partial charge in [-0.2, -0.15) is 0 Å². The molecule has 0 bridgehead atoms. The van der Waals surface area contributed by atoms with E-state index in [1.807, 2.05) is 24.3 Å². The number of ether oxygens (including phenoxy) is 1. The van der Waals surface area contributed by atoms with Crippen molar-refractivity contribution in [1.29, 1.82) is 0 Å². The number of amides is 7. The third-order valence-electron chi connectivity index (χ3n) is 9.39. The molecule has 0 saturated carbocycles. The van der Waals surface area contributed by atoms with E-state index in [2.05, 4.69) is 21.3 Å². The minimum absolute atomic E-state index is 0.00460. The van der Waals surface area contributed by atoms with Crippen LogP contribution < -0.4 is 31.5 Å². The first-order valence-electron chi connectivity index (χ1n) is 18.6. The first-order valence-corrected chi connectivity index (χ1v) is 18.6. The number of carbonyl (C=O) groups is 7. The molecule has 1 atom stereocenters. The summed E-state index contributed by atoms with van der Waals surface area (Å²) in [5.41, 5.74) is 4.09. The highest BCUT2D eigenvalue weighted by molar-refractivity contribution is 6.25. The molecule has 3 aromatic carbocycles. The lowest BCUT2D eigenvalue weighted by Crippen LogP contribution is -2.54. The Morgan fingerprint density at radius 2 is 1.51 bits per heavy atom. The highest BCUT2D eigenvalue weighted by atomic mass is 16.5. The van der Waals surface area contributed by atoms with Gasteiger partial charge in [0.2, 0.25) is 17.7 Å². The van der Waals surface area contributed by atoms with Gasteiger partial charge in [0.25, 0.3) is 23.6 Å². The van der Waals surface area contributed by atoms with Crippen LogP contribution in [-0.2, 0) is 20.8 Å². The van der Waals surface area contributed by atoms with Gasteiger partial charge in [0.05, 0.1) is 17.7 Å². The smallest absolute Gasteiger partial charge is 0.274 e. The number of benzene rings is 3. The van der Waals surface area contributed by atoms with E-state index in [0.29, 0.717) is 56.8 Å². The molecule has 290 valence electrons. The van der Waals surface area contributed by atoms with Gasteiger partial charge in [-0.15, -0.1) is 0 Å². The molecule has 15 heteroatoms. The van der Waals surface area contributed by atoms with Crippen LogP contribution in [0.2, 0.25) is 0 Å². The summed E-state index contributed by atoms with van der Waals surface area (Å²) in [5, 5.41) is 20.0. The number of nitrogens with one attached hydrogen (secondary N) is 5. The van der Waals surface area contributed by atoms with Crippen molar-refractivity contribution in [2.45, 2.75) is 70.3 Å². The van der Waals surface area contributed by atoms with E-state index in [9.17, 15) is 33.6 Å². The number of anilines is 1. The Hall–Kier alpha value is -6.09. The molecule has 0 aliphatic carbocycles. The van der Waals surface area contributed by atoms with Crippen molar-refractivity contribution in [2.75, 3.05) is 31.6 Å². The van der Waals surface area contributed by atoms with Crippen molar-refractivity contribution in [2.24, 2.45) is 0 Å². The van der Waals surface area contributed by atoms with Gasteiger partial charge < -0.3 is 20.7 Å². The zero-order valence-corrected chi connectivity index (χ0v) is 30.5. The molecule has 1 fully saturated rings. The minimum atomic E-state index is -1.00. The number of hydrogen-bond donors (Lipinski definition) is 6. The number of rotatable bonds is 20. The monoisotopic (exact) mass is 754 g/mol. The molecule has 2 aliphatic heterocycles. The normalized spacial score (nSPS) is 14.9. The predicted octanol–water partition coefficient (Wildman–Crippen LogP) is 3.52. The summed E-state index contributed by atoms with van der Waals surface area (Å²) in [6.45, 7) is 2.06. The number of fused-ring (bicyclic) bond motifs is 1. The van der Waals surface area contributed by atoms with E-state index >= 15 is 0 Å². The summed E-state index contributed by atoms with van der Waals surface area (Å²) in [4.78, 5) is 87.3. The Balaban J connectivity index is 0.879. The largest absolute Gasteiger partial charge is 0.494 e. The second kappa shape index (κ2) is 19.8. The summed E-state index contributed by atoms with van der Waals surface area (Å²) in [6.07, 6.45) is 6.11. The van der Waals surface area contributed by atoms with Crippen molar-refractivity contribution >= 4 is 47.0 Å². The highest BCUT2D eigenvalue weighted by Crippen LogP contribution is 2.32. The fourth-order valence-electron chi connectivity index (χ4n) is 6.42. The topological polar surface area (TPSA) is 212 Å². The SMILES string of the molecule is O=C(CCCCOc1ccc(CCNC(=O)c2cccc(C(=O)NO)c2)cc1)NCCCCCCNc1cccc2c1C(=O)N(C1CCC(=O)NC1=O)C2=O. The highest BCUT2D eigenvalue weighted by Gasteiger charge is 2.45. The number of unbranched alkanes of at least 4 members (excludes halogenated alkanes) is 4. The van der Waals surface area contributed by atoms with Crippen LogP contribution in [0.15, 0.2) is 66.7 Å². The van der Waals surface area contributed by atoms with Crippen LogP contribution in [0.25, 0.3) is 0 Å². The molecule has 6 N–H and O–H groups in total. The summed E-state index contributed by atoms with van der Waals surface area (Å²) < 4.78 is 5.81. The summed E-state index contributed by atoms with van der Waals surface area (Å²) in [7, 11) is 0. The summed E-state index contributed by atoms with van der Waals surface area (Å²) in [5.74, 6) is -2.41. The van der Waals surface area contributed by atoms with Crippen molar-refractivity contribution in [3.8, 4) is 5.75 Å². The lowest BCUT2D eigenvalue weighted by molar-refractivity contribution is -0.136. The van der Waals surface area contributed by atoms with Crippen LogP contribution in [0.4, 0.5) is 5.69 Å². The Labute approximate surface area is 318 Å². The first kappa shape index (κ1) is 40.1. The molecule has 2 aliphatic rings. The molecule has 7 amide bonds. The maximum Gasteiger partial charge on any atom is 0.274 e. The number of imide groups is 2. The average molecular weight is 755 g/mol. The van der Waals surface area contributed by atoms with E-state index < -0.39 is 35.6 Å². The molecule has 55 heavy (non-hydrogen) atoms. The fraction of sp³-hybridized carbons (Fsp3) is 0.375. The Bertz CT molecular complexity index is 1900.